The number of nitrogens with zero attached hydrogens (tertiary/aromatic N) is 1. The fraction of sp³-hybridized carbons (Fsp3) is 0.417. The molecule has 0 N–H and O–H groups in total. The van der Waals surface area contributed by atoms with E-state index in [1.54, 1.807) is 7.11 Å². The second-order valence-corrected chi connectivity index (χ2v) is 4.32. The summed E-state index contributed by atoms with van der Waals surface area (Å²) in [5, 5.41) is 0. The minimum atomic E-state index is -0.231. The van der Waals surface area contributed by atoms with Crippen LogP contribution in [0.25, 0.3) is 0 Å². The maximum absolute atomic E-state index is 11.5. The lowest BCUT2D eigenvalue weighted by Crippen LogP contribution is -2.07. The van der Waals surface area contributed by atoms with Crippen molar-refractivity contribution in [1.82, 2.24) is 4.90 Å². The third-order valence-corrected chi connectivity index (χ3v) is 3.22. The fourth-order valence-corrected chi connectivity index (χ4v) is 2.52. The summed E-state index contributed by atoms with van der Waals surface area (Å²) in [6.45, 7) is 2.08. The average Bonchev–Trinajstić information content (AvgIpc) is 2.79. The molecular formula is C12H13NO3. The van der Waals surface area contributed by atoms with Gasteiger partial charge in [0.05, 0.1) is 12.7 Å². The Kier molecular flexibility index (Phi) is 1.94. The highest BCUT2D eigenvalue weighted by atomic mass is 16.5. The number of benzene rings is 1. The summed E-state index contributed by atoms with van der Waals surface area (Å²) < 4.78 is 10.5. The van der Waals surface area contributed by atoms with Crippen LogP contribution in [0, 0.1) is 0 Å². The topological polar surface area (TPSA) is 38.8 Å². The smallest absolute Gasteiger partial charge is 0.339 e. The normalized spacial score (nSPS) is 18.2. The van der Waals surface area contributed by atoms with E-state index in [1.165, 1.54) is 11.1 Å². The Morgan fingerprint density at radius 1 is 1.38 bits per heavy atom. The number of fused-ring (bicyclic) bond motifs is 2. The van der Waals surface area contributed by atoms with Gasteiger partial charge in [-0.15, -0.1) is 0 Å². The summed E-state index contributed by atoms with van der Waals surface area (Å²) in [4.78, 5) is 13.7. The first-order chi connectivity index (χ1) is 7.70. The number of carbonyl (C=O) groups excluding carboxylic acids is 1. The summed E-state index contributed by atoms with van der Waals surface area (Å²) in [6.07, 6.45) is 0. The molecule has 1 aromatic carbocycles. The van der Waals surface area contributed by atoms with Crippen molar-refractivity contribution in [3.05, 3.63) is 28.3 Å². The van der Waals surface area contributed by atoms with E-state index in [2.05, 4.69) is 11.9 Å². The number of methoxy groups -OCH3 is 1. The zero-order valence-corrected chi connectivity index (χ0v) is 9.37. The zero-order valence-electron chi connectivity index (χ0n) is 9.37. The highest BCUT2D eigenvalue weighted by Crippen LogP contribution is 2.38. The van der Waals surface area contributed by atoms with Crippen LogP contribution in [0.5, 0.6) is 5.75 Å². The van der Waals surface area contributed by atoms with Gasteiger partial charge in [-0.2, -0.15) is 0 Å². The van der Waals surface area contributed by atoms with Gasteiger partial charge < -0.3 is 9.47 Å². The predicted molar refractivity (Wildman–Crippen MR) is 57.3 cm³/mol. The van der Waals surface area contributed by atoms with Crippen molar-refractivity contribution in [2.45, 2.75) is 19.7 Å². The number of hydrogen-bond acceptors (Lipinski definition) is 4. The minimum Gasteiger partial charge on any atom is -0.496 e. The standard InChI is InChI=1S/C12H13NO3/c1-13-4-7-3-8-10(6-16-12(8)14)11(15-2)9(7)5-13/h3H,4-6H2,1-2H3. The molecule has 4 nitrogen and oxygen atoms in total. The number of ether oxygens (including phenoxy) is 2. The van der Waals surface area contributed by atoms with Gasteiger partial charge in [0, 0.05) is 24.2 Å². The quantitative estimate of drug-likeness (QED) is 0.667. The van der Waals surface area contributed by atoms with Crippen molar-refractivity contribution in [2.75, 3.05) is 14.2 Å². The second-order valence-electron chi connectivity index (χ2n) is 4.32. The van der Waals surface area contributed by atoms with Crippen LogP contribution in [0.3, 0.4) is 0 Å². The molecule has 0 atom stereocenters. The van der Waals surface area contributed by atoms with E-state index in [0.29, 0.717) is 12.2 Å². The molecule has 0 spiro atoms. The van der Waals surface area contributed by atoms with Crippen LogP contribution in [0.4, 0.5) is 0 Å². The van der Waals surface area contributed by atoms with E-state index >= 15 is 0 Å². The van der Waals surface area contributed by atoms with Gasteiger partial charge in [0.2, 0.25) is 0 Å². The van der Waals surface area contributed by atoms with Gasteiger partial charge in [-0.05, 0) is 18.7 Å². The highest BCUT2D eigenvalue weighted by Gasteiger charge is 2.31. The number of cyclic esters (lactones) is 1. The Balaban J connectivity index is 2.23. The van der Waals surface area contributed by atoms with Crippen LogP contribution in [-0.2, 0) is 24.4 Å². The first-order valence-electron chi connectivity index (χ1n) is 5.28. The van der Waals surface area contributed by atoms with Gasteiger partial charge in [-0.1, -0.05) is 0 Å². The Morgan fingerprint density at radius 2 is 2.19 bits per heavy atom. The van der Waals surface area contributed by atoms with Crippen LogP contribution in [0.15, 0.2) is 6.07 Å². The molecule has 0 saturated heterocycles. The van der Waals surface area contributed by atoms with E-state index in [1.807, 2.05) is 6.07 Å². The number of hydrogen-bond donors (Lipinski definition) is 0. The average molecular weight is 219 g/mol. The van der Waals surface area contributed by atoms with Crippen LogP contribution in [0.2, 0.25) is 0 Å². The molecule has 0 amide bonds. The second kappa shape index (κ2) is 3.22. The molecule has 2 aliphatic heterocycles. The van der Waals surface area contributed by atoms with Gasteiger partial charge in [-0.3, -0.25) is 4.90 Å². The summed E-state index contributed by atoms with van der Waals surface area (Å²) in [5.41, 5.74) is 3.95. The maximum atomic E-state index is 11.5. The van der Waals surface area contributed by atoms with Gasteiger partial charge in [0.25, 0.3) is 0 Å². The first-order valence-corrected chi connectivity index (χ1v) is 5.28. The Morgan fingerprint density at radius 3 is 2.94 bits per heavy atom. The van der Waals surface area contributed by atoms with Crippen molar-refractivity contribution >= 4 is 5.97 Å². The Hall–Kier alpha value is -1.55. The van der Waals surface area contributed by atoms with Gasteiger partial charge in [0.15, 0.2) is 0 Å². The Bertz CT molecular complexity index is 482. The molecule has 2 heterocycles. The number of esters is 1. The molecule has 16 heavy (non-hydrogen) atoms. The van der Waals surface area contributed by atoms with Gasteiger partial charge in [-0.25, -0.2) is 4.79 Å². The van der Waals surface area contributed by atoms with Crippen molar-refractivity contribution < 1.29 is 14.3 Å². The molecule has 84 valence electrons. The fourth-order valence-electron chi connectivity index (χ4n) is 2.52. The highest BCUT2D eigenvalue weighted by molar-refractivity contribution is 5.95. The lowest BCUT2D eigenvalue weighted by atomic mass is 10.00. The van der Waals surface area contributed by atoms with E-state index in [9.17, 15) is 4.79 Å². The monoisotopic (exact) mass is 219 g/mol. The SMILES string of the molecule is COc1c2c(cc3c1COC3=O)CN(C)C2. The molecule has 0 aromatic heterocycles. The molecule has 1 aromatic rings. The molecule has 0 aliphatic carbocycles. The summed E-state index contributed by atoms with van der Waals surface area (Å²) in [5.74, 6) is 0.605. The third kappa shape index (κ3) is 1.16. The molecule has 2 aliphatic rings. The van der Waals surface area contributed by atoms with Crippen LogP contribution >= 0.6 is 0 Å². The number of rotatable bonds is 1. The summed E-state index contributed by atoms with van der Waals surface area (Å²) in [6, 6.07) is 1.95. The summed E-state index contributed by atoms with van der Waals surface area (Å²) >= 11 is 0. The largest absolute Gasteiger partial charge is 0.496 e. The van der Waals surface area contributed by atoms with Crippen LogP contribution in [-0.4, -0.2) is 25.0 Å². The van der Waals surface area contributed by atoms with E-state index < -0.39 is 0 Å². The predicted octanol–water partition coefficient (Wildman–Crippen LogP) is 1.31. The van der Waals surface area contributed by atoms with Crippen molar-refractivity contribution in [2.24, 2.45) is 0 Å². The third-order valence-electron chi connectivity index (χ3n) is 3.22. The maximum Gasteiger partial charge on any atom is 0.339 e. The van der Waals surface area contributed by atoms with Crippen molar-refractivity contribution in [3.63, 3.8) is 0 Å². The van der Waals surface area contributed by atoms with E-state index in [0.717, 1.165) is 24.4 Å². The molecule has 4 heteroatoms. The number of carbonyl (C=O) groups is 1. The molecule has 3 rings (SSSR count). The van der Waals surface area contributed by atoms with Crippen LogP contribution < -0.4 is 4.74 Å². The van der Waals surface area contributed by atoms with Crippen molar-refractivity contribution in [3.8, 4) is 5.75 Å². The molecule has 0 radical (unpaired) electrons. The summed E-state index contributed by atoms with van der Waals surface area (Å²) in [7, 11) is 3.71. The van der Waals surface area contributed by atoms with Gasteiger partial charge >= 0.3 is 5.97 Å². The van der Waals surface area contributed by atoms with Gasteiger partial charge in [0.1, 0.15) is 12.4 Å². The molecule has 0 unspecified atom stereocenters. The molecular weight excluding hydrogens is 206 g/mol. The lowest BCUT2D eigenvalue weighted by molar-refractivity contribution is 0.0534. The minimum absolute atomic E-state index is 0.231. The molecule has 0 saturated carbocycles. The Labute approximate surface area is 93.8 Å². The van der Waals surface area contributed by atoms with Crippen LogP contribution in [0.1, 0.15) is 27.0 Å². The zero-order chi connectivity index (χ0) is 11.3. The molecule has 0 fully saturated rings. The lowest BCUT2D eigenvalue weighted by Gasteiger charge is -2.10. The van der Waals surface area contributed by atoms with E-state index in [4.69, 9.17) is 9.47 Å². The van der Waals surface area contributed by atoms with Crippen molar-refractivity contribution in [1.29, 1.82) is 0 Å². The molecule has 0 bridgehead atoms. The first kappa shape index (κ1) is 9.66. The van der Waals surface area contributed by atoms with E-state index in [-0.39, 0.29) is 5.97 Å².